The highest BCUT2D eigenvalue weighted by atomic mass is 35.5. The number of benzene rings is 1. The topological polar surface area (TPSA) is 74.4 Å². The first kappa shape index (κ1) is 19.0. The second-order valence-electron chi connectivity index (χ2n) is 7.33. The van der Waals surface area contributed by atoms with E-state index >= 15 is 0 Å². The summed E-state index contributed by atoms with van der Waals surface area (Å²) in [4.78, 5) is 6.77. The number of nitrogens with zero attached hydrogens (tertiary/aromatic N) is 3. The predicted octanol–water partition coefficient (Wildman–Crippen LogP) is 3.74. The monoisotopic (exact) mass is 378 g/mol. The molecule has 1 saturated heterocycles. The summed E-state index contributed by atoms with van der Waals surface area (Å²) in [6.07, 6.45) is 2.81. The molecule has 1 aliphatic heterocycles. The van der Waals surface area contributed by atoms with Gasteiger partial charge >= 0.3 is 0 Å². The lowest BCUT2D eigenvalue weighted by atomic mass is 9.97. The molecule has 1 aromatic carbocycles. The van der Waals surface area contributed by atoms with Crippen LogP contribution in [0, 0.1) is 11.8 Å². The Hall–Kier alpha value is -1.79. The van der Waals surface area contributed by atoms with Crippen LogP contribution in [0.25, 0.3) is 0 Å². The molecule has 3 rings (SSSR count). The van der Waals surface area contributed by atoms with Crippen LogP contribution in [0.1, 0.15) is 38.4 Å². The van der Waals surface area contributed by atoms with Crippen LogP contribution in [0.15, 0.2) is 22.7 Å². The second-order valence-corrected chi connectivity index (χ2v) is 7.77. The van der Waals surface area contributed by atoms with Crippen LogP contribution < -0.4 is 10.2 Å². The van der Waals surface area contributed by atoms with Crippen LogP contribution in [-0.4, -0.2) is 34.9 Å². The van der Waals surface area contributed by atoms with Gasteiger partial charge in [-0.05, 0) is 42.9 Å². The van der Waals surface area contributed by atoms with Crippen LogP contribution in [0.4, 0.5) is 11.4 Å². The van der Waals surface area contributed by atoms with Crippen molar-refractivity contribution in [2.24, 2.45) is 11.8 Å². The van der Waals surface area contributed by atoms with Gasteiger partial charge in [-0.15, -0.1) is 0 Å². The van der Waals surface area contributed by atoms with Gasteiger partial charge in [-0.1, -0.05) is 30.6 Å². The molecule has 0 saturated carbocycles. The summed E-state index contributed by atoms with van der Waals surface area (Å²) < 4.78 is 5.33. The van der Waals surface area contributed by atoms with E-state index < -0.39 is 0 Å². The van der Waals surface area contributed by atoms with E-state index in [-0.39, 0.29) is 6.61 Å². The molecule has 0 unspecified atom stereocenters. The Kier molecular flexibility index (Phi) is 6.38. The van der Waals surface area contributed by atoms with Crippen molar-refractivity contribution in [3.63, 3.8) is 0 Å². The van der Waals surface area contributed by atoms with E-state index in [1.807, 2.05) is 18.2 Å². The molecule has 26 heavy (non-hydrogen) atoms. The molecule has 0 bridgehead atoms. The average molecular weight is 379 g/mol. The Morgan fingerprint density at radius 2 is 2.12 bits per heavy atom. The molecular weight excluding hydrogens is 352 g/mol. The molecule has 0 atom stereocenters. The fourth-order valence-corrected chi connectivity index (χ4v) is 3.43. The van der Waals surface area contributed by atoms with Gasteiger partial charge in [-0.2, -0.15) is 4.98 Å². The average Bonchev–Trinajstić information content (AvgIpc) is 3.07. The Morgan fingerprint density at radius 3 is 2.81 bits per heavy atom. The number of aliphatic hydroxyl groups excluding tert-OH is 1. The minimum absolute atomic E-state index is 0.273. The molecule has 6 nitrogen and oxygen atoms in total. The van der Waals surface area contributed by atoms with Crippen molar-refractivity contribution >= 4 is 23.0 Å². The first-order valence-corrected chi connectivity index (χ1v) is 9.63. The van der Waals surface area contributed by atoms with Gasteiger partial charge in [0.15, 0.2) is 5.82 Å². The SMILES string of the molecule is CC(C)Cc1noc(CNc2cc(Cl)ccc2N2CCC(CO)CC2)n1. The van der Waals surface area contributed by atoms with Gasteiger partial charge < -0.3 is 19.8 Å². The lowest BCUT2D eigenvalue weighted by Gasteiger charge is -2.34. The quantitative estimate of drug-likeness (QED) is 0.764. The van der Waals surface area contributed by atoms with Gasteiger partial charge in [0.1, 0.15) is 0 Å². The van der Waals surface area contributed by atoms with E-state index in [1.54, 1.807) is 0 Å². The van der Waals surface area contributed by atoms with Crippen molar-refractivity contribution < 1.29 is 9.63 Å². The van der Waals surface area contributed by atoms with E-state index in [1.165, 1.54) is 0 Å². The highest BCUT2D eigenvalue weighted by Crippen LogP contribution is 2.32. The molecule has 1 fully saturated rings. The first-order chi connectivity index (χ1) is 12.5. The molecule has 2 heterocycles. The Bertz CT molecular complexity index is 711. The Labute approximate surface area is 159 Å². The van der Waals surface area contributed by atoms with Crippen molar-refractivity contribution in [1.29, 1.82) is 0 Å². The van der Waals surface area contributed by atoms with Crippen molar-refractivity contribution in [1.82, 2.24) is 10.1 Å². The number of hydrogen-bond donors (Lipinski definition) is 2. The maximum atomic E-state index is 9.33. The molecule has 0 spiro atoms. The molecule has 1 aliphatic rings. The molecular formula is C19H27ClN4O2. The van der Waals surface area contributed by atoms with Gasteiger partial charge in [0.05, 0.1) is 17.9 Å². The van der Waals surface area contributed by atoms with E-state index in [0.29, 0.717) is 29.3 Å². The molecule has 0 amide bonds. The number of anilines is 2. The van der Waals surface area contributed by atoms with Crippen LogP contribution in [-0.2, 0) is 13.0 Å². The van der Waals surface area contributed by atoms with Gasteiger partial charge in [-0.25, -0.2) is 0 Å². The lowest BCUT2D eigenvalue weighted by Crippen LogP contribution is -2.35. The lowest BCUT2D eigenvalue weighted by molar-refractivity contribution is 0.203. The van der Waals surface area contributed by atoms with Gasteiger partial charge in [0, 0.05) is 31.1 Å². The summed E-state index contributed by atoms with van der Waals surface area (Å²) in [5, 5.41) is 17.4. The fourth-order valence-electron chi connectivity index (χ4n) is 3.26. The fraction of sp³-hybridized carbons (Fsp3) is 0.579. The molecule has 0 aliphatic carbocycles. The molecule has 2 N–H and O–H groups in total. The number of rotatable bonds is 7. The van der Waals surface area contributed by atoms with Gasteiger partial charge in [0.25, 0.3) is 0 Å². The third kappa shape index (κ3) is 4.89. The Morgan fingerprint density at radius 1 is 1.35 bits per heavy atom. The molecule has 7 heteroatoms. The zero-order chi connectivity index (χ0) is 18.5. The first-order valence-electron chi connectivity index (χ1n) is 9.26. The maximum Gasteiger partial charge on any atom is 0.245 e. The van der Waals surface area contributed by atoms with Crippen molar-refractivity contribution in [3.05, 3.63) is 34.9 Å². The number of nitrogens with one attached hydrogen (secondary N) is 1. The van der Waals surface area contributed by atoms with E-state index in [4.69, 9.17) is 16.1 Å². The highest BCUT2D eigenvalue weighted by molar-refractivity contribution is 6.31. The third-order valence-electron chi connectivity index (χ3n) is 4.70. The minimum atomic E-state index is 0.273. The van der Waals surface area contributed by atoms with Crippen LogP contribution in [0.5, 0.6) is 0 Å². The van der Waals surface area contributed by atoms with E-state index in [9.17, 15) is 5.11 Å². The largest absolute Gasteiger partial charge is 0.396 e. The van der Waals surface area contributed by atoms with Gasteiger partial charge in [0.2, 0.25) is 5.89 Å². The number of hydrogen-bond acceptors (Lipinski definition) is 6. The standard InChI is InChI=1S/C19H27ClN4O2/c1-13(2)9-18-22-19(26-23-18)11-21-16-10-15(20)3-4-17(16)24-7-5-14(12-25)6-8-24/h3-4,10,13-14,21,25H,5-9,11-12H2,1-2H3. The van der Waals surface area contributed by atoms with E-state index in [2.05, 4.69) is 34.2 Å². The summed E-state index contributed by atoms with van der Waals surface area (Å²) in [6.45, 7) is 6.86. The minimum Gasteiger partial charge on any atom is -0.396 e. The van der Waals surface area contributed by atoms with Crippen LogP contribution in [0.3, 0.4) is 0 Å². The number of aromatic nitrogens is 2. The van der Waals surface area contributed by atoms with Crippen molar-refractivity contribution in [2.75, 3.05) is 29.9 Å². The third-order valence-corrected chi connectivity index (χ3v) is 4.94. The van der Waals surface area contributed by atoms with E-state index in [0.717, 1.165) is 49.6 Å². The van der Waals surface area contributed by atoms with Crippen LogP contribution in [0.2, 0.25) is 5.02 Å². The molecule has 142 valence electrons. The van der Waals surface area contributed by atoms with Gasteiger partial charge in [-0.3, -0.25) is 0 Å². The number of aliphatic hydroxyl groups is 1. The zero-order valence-electron chi connectivity index (χ0n) is 15.4. The second kappa shape index (κ2) is 8.73. The van der Waals surface area contributed by atoms with Crippen LogP contribution >= 0.6 is 11.6 Å². The summed E-state index contributed by atoms with van der Waals surface area (Å²) in [6, 6.07) is 5.88. The summed E-state index contributed by atoms with van der Waals surface area (Å²) >= 11 is 6.20. The van der Waals surface area contributed by atoms with Crippen molar-refractivity contribution in [3.8, 4) is 0 Å². The Balaban J connectivity index is 1.67. The summed E-state index contributed by atoms with van der Waals surface area (Å²) in [7, 11) is 0. The predicted molar refractivity (Wildman–Crippen MR) is 104 cm³/mol. The smallest absolute Gasteiger partial charge is 0.245 e. The maximum absolute atomic E-state index is 9.33. The molecule has 0 radical (unpaired) electrons. The number of piperidine rings is 1. The van der Waals surface area contributed by atoms with Crippen molar-refractivity contribution in [2.45, 2.75) is 39.7 Å². The zero-order valence-corrected chi connectivity index (χ0v) is 16.2. The summed E-state index contributed by atoms with van der Waals surface area (Å²) in [5.41, 5.74) is 2.08. The number of halogens is 1. The highest BCUT2D eigenvalue weighted by Gasteiger charge is 2.21. The molecule has 1 aromatic heterocycles. The summed E-state index contributed by atoms with van der Waals surface area (Å²) in [5.74, 6) is 2.22. The normalized spacial score (nSPS) is 15.7. The molecule has 2 aromatic rings.